The maximum absolute atomic E-state index is 11.9. The third kappa shape index (κ3) is 5.52. The minimum Gasteiger partial charge on any atom is -0.362 e. The van der Waals surface area contributed by atoms with E-state index in [9.17, 15) is 18.0 Å². The number of ether oxygens (including phenoxy) is 1. The molecule has 3 nitrogen and oxygen atoms in total. The molecule has 0 unspecified atom stereocenters. The smallest absolute Gasteiger partial charge is 0.362 e. The molecule has 1 amide bonds. The van der Waals surface area contributed by atoms with Crippen molar-refractivity contribution in [1.29, 1.82) is 0 Å². The molecule has 2 rings (SSSR count). The number of rotatable bonds is 4. The minimum absolute atomic E-state index is 0.386. The van der Waals surface area contributed by atoms with Gasteiger partial charge in [-0.05, 0) is 18.4 Å². The lowest BCUT2D eigenvalue weighted by molar-refractivity contribution is -0.177. The summed E-state index contributed by atoms with van der Waals surface area (Å²) in [6.07, 6.45) is -0.824. The van der Waals surface area contributed by atoms with Gasteiger partial charge in [0.15, 0.2) is 0 Å². The molecule has 0 aliphatic carbocycles. The second-order valence-corrected chi connectivity index (χ2v) is 5.20. The molecule has 1 fully saturated rings. The Labute approximate surface area is 127 Å². The Hall–Kier alpha value is -1.82. The number of amides is 1. The molecule has 120 valence electrons. The van der Waals surface area contributed by atoms with Crippen LogP contribution in [0.5, 0.6) is 0 Å². The largest absolute Gasteiger partial charge is 0.411 e. The van der Waals surface area contributed by atoms with Crippen LogP contribution in [0.4, 0.5) is 13.2 Å². The molecule has 0 radical (unpaired) electrons. The average molecular weight is 313 g/mol. The van der Waals surface area contributed by atoms with Crippen LogP contribution in [0.25, 0.3) is 6.08 Å². The Bertz CT molecular complexity index is 516. The van der Waals surface area contributed by atoms with Crippen molar-refractivity contribution in [2.24, 2.45) is 0 Å². The van der Waals surface area contributed by atoms with E-state index in [4.69, 9.17) is 0 Å². The summed E-state index contributed by atoms with van der Waals surface area (Å²) < 4.78 is 40.3. The van der Waals surface area contributed by atoms with Gasteiger partial charge in [-0.3, -0.25) is 4.79 Å². The number of alkyl halides is 3. The summed E-state index contributed by atoms with van der Waals surface area (Å²) in [6.45, 7) is -0.858. The molecular formula is C16H18F3NO2. The first-order valence-corrected chi connectivity index (χ1v) is 7.11. The maximum Gasteiger partial charge on any atom is 0.411 e. The van der Waals surface area contributed by atoms with Crippen molar-refractivity contribution in [1.82, 2.24) is 4.90 Å². The van der Waals surface area contributed by atoms with Gasteiger partial charge in [0.1, 0.15) is 13.2 Å². The van der Waals surface area contributed by atoms with E-state index in [-0.39, 0.29) is 5.91 Å². The van der Waals surface area contributed by atoms with Gasteiger partial charge in [-0.2, -0.15) is 13.2 Å². The highest BCUT2D eigenvalue weighted by Gasteiger charge is 2.28. The summed E-state index contributed by atoms with van der Waals surface area (Å²) in [7, 11) is 0. The second kappa shape index (κ2) is 7.45. The normalized spacial score (nSPS) is 15.8. The molecule has 0 spiro atoms. The molecule has 1 aliphatic heterocycles. The first kappa shape index (κ1) is 16.5. The van der Waals surface area contributed by atoms with Crippen LogP contribution in [-0.2, 0) is 9.53 Å². The highest BCUT2D eigenvalue weighted by Crippen LogP contribution is 2.20. The van der Waals surface area contributed by atoms with Crippen LogP contribution in [0.3, 0.4) is 0 Å². The Morgan fingerprint density at radius 3 is 2.41 bits per heavy atom. The lowest BCUT2D eigenvalue weighted by Crippen LogP contribution is -2.39. The number of nitrogens with zero attached hydrogens (tertiary/aromatic N) is 1. The first-order chi connectivity index (χ1) is 10.4. The SMILES string of the molecule is O=C(COCC(F)(F)F)N1CCC(=Cc2ccccc2)CC1. The molecule has 0 N–H and O–H groups in total. The van der Waals surface area contributed by atoms with Crippen LogP contribution in [0.15, 0.2) is 35.9 Å². The van der Waals surface area contributed by atoms with E-state index in [1.165, 1.54) is 5.57 Å². The van der Waals surface area contributed by atoms with Crippen LogP contribution >= 0.6 is 0 Å². The van der Waals surface area contributed by atoms with E-state index in [0.29, 0.717) is 13.1 Å². The summed E-state index contributed by atoms with van der Waals surface area (Å²) >= 11 is 0. The van der Waals surface area contributed by atoms with Crippen LogP contribution < -0.4 is 0 Å². The fourth-order valence-electron chi connectivity index (χ4n) is 2.32. The zero-order valence-corrected chi connectivity index (χ0v) is 12.1. The number of hydrogen-bond acceptors (Lipinski definition) is 2. The van der Waals surface area contributed by atoms with Crippen molar-refractivity contribution in [2.45, 2.75) is 19.0 Å². The molecule has 1 aromatic rings. The van der Waals surface area contributed by atoms with E-state index < -0.39 is 19.4 Å². The number of hydrogen-bond donors (Lipinski definition) is 0. The van der Waals surface area contributed by atoms with E-state index in [1.807, 2.05) is 30.3 Å². The third-order valence-electron chi connectivity index (χ3n) is 3.42. The average Bonchev–Trinajstić information content (AvgIpc) is 2.47. The van der Waals surface area contributed by atoms with E-state index >= 15 is 0 Å². The first-order valence-electron chi connectivity index (χ1n) is 7.11. The predicted octanol–water partition coefficient (Wildman–Crippen LogP) is 3.27. The van der Waals surface area contributed by atoms with Crippen molar-refractivity contribution in [3.8, 4) is 0 Å². The van der Waals surface area contributed by atoms with Crippen LogP contribution in [0, 0.1) is 0 Å². The van der Waals surface area contributed by atoms with Crippen LogP contribution in [0.2, 0.25) is 0 Å². The van der Waals surface area contributed by atoms with Gasteiger partial charge < -0.3 is 9.64 Å². The topological polar surface area (TPSA) is 29.5 Å². The Morgan fingerprint density at radius 2 is 1.82 bits per heavy atom. The third-order valence-corrected chi connectivity index (χ3v) is 3.42. The van der Waals surface area contributed by atoms with Crippen molar-refractivity contribution in [2.75, 3.05) is 26.3 Å². The summed E-state index contributed by atoms with van der Waals surface area (Å²) in [4.78, 5) is 13.3. The Balaban J connectivity index is 1.77. The van der Waals surface area contributed by atoms with E-state index in [2.05, 4.69) is 10.8 Å². The Morgan fingerprint density at radius 1 is 1.18 bits per heavy atom. The molecular weight excluding hydrogens is 295 g/mol. The number of benzene rings is 1. The molecule has 1 saturated heterocycles. The summed E-state index contributed by atoms with van der Waals surface area (Å²) in [5, 5.41) is 0. The molecule has 1 aliphatic rings. The Kier molecular flexibility index (Phi) is 5.60. The zero-order valence-electron chi connectivity index (χ0n) is 12.1. The second-order valence-electron chi connectivity index (χ2n) is 5.20. The minimum atomic E-state index is -4.40. The van der Waals surface area contributed by atoms with E-state index in [1.54, 1.807) is 4.90 Å². The van der Waals surface area contributed by atoms with Crippen molar-refractivity contribution in [3.63, 3.8) is 0 Å². The molecule has 6 heteroatoms. The highest BCUT2D eigenvalue weighted by atomic mass is 19.4. The summed E-state index contributed by atoms with van der Waals surface area (Å²) in [5.74, 6) is -0.386. The summed E-state index contributed by atoms with van der Waals surface area (Å²) in [6, 6.07) is 9.89. The number of likely N-dealkylation sites (tertiary alicyclic amines) is 1. The molecule has 1 heterocycles. The van der Waals surface area contributed by atoms with Gasteiger partial charge in [0.25, 0.3) is 0 Å². The summed E-state index contributed by atoms with van der Waals surface area (Å²) in [5.41, 5.74) is 2.36. The van der Waals surface area contributed by atoms with Gasteiger partial charge in [0, 0.05) is 13.1 Å². The van der Waals surface area contributed by atoms with Gasteiger partial charge in [0.05, 0.1) is 0 Å². The van der Waals surface area contributed by atoms with Gasteiger partial charge in [-0.15, -0.1) is 0 Å². The lowest BCUT2D eigenvalue weighted by atomic mass is 10.0. The maximum atomic E-state index is 11.9. The van der Waals surface area contributed by atoms with Crippen LogP contribution in [0.1, 0.15) is 18.4 Å². The number of carbonyl (C=O) groups is 1. The molecule has 22 heavy (non-hydrogen) atoms. The van der Waals surface area contributed by atoms with Gasteiger partial charge in [-0.1, -0.05) is 42.0 Å². The highest BCUT2D eigenvalue weighted by molar-refractivity contribution is 5.77. The zero-order chi connectivity index (χ0) is 16.0. The fraction of sp³-hybridized carbons (Fsp3) is 0.438. The van der Waals surface area contributed by atoms with Gasteiger partial charge in [0.2, 0.25) is 5.91 Å². The van der Waals surface area contributed by atoms with Gasteiger partial charge >= 0.3 is 6.18 Å². The van der Waals surface area contributed by atoms with Gasteiger partial charge in [-0.25, -0.2) is 0 Å². The van der Waals surface area contributed by atoms with Crippen molar-refractivity contribution in [3.05, 3.63) is 41.5 Å². The molecule has 0 atom stereocenters. The number of halogens is 3. The molecule has 0 bridgehead atoms. The van der Waals surface area contributed by atoms with Crippen LogP contribution in [-0.4, -0.2) is 43.3 Å². The molecule has 1 aromatic carbocycles. The number of carbonyl (C=O) groups excluding carboxylic acids is 1. The predicted molar refractivity (Wildman–Crippen MR) is 77.1 cm³/mol. The van der Waals surface area contributed by atoms with Crippen molar-refractivity contribution < 1.29 is 22.7 Å². The fourth-order valence-corrected chi connectivity index (χ4v) is 2.32. The lowest BCUT2D eigenvalue weighted by Gasteiger charge is -2.28. The number of piperidine rings is 1. The van der Waals surface area contributed by atoms with Crippen molar-refractivity contribution >= 4 is 12.0 Å². The standard InChI is InChI=1S/C16H18F3NO2/c17-16(18,19)12-22-11-15(21)20-8-6-14(7-9-20)10-13-4-2-1-3-5-13/h1-5,10H,6-9,11-12H2. The molecule has 0 saturated carbocycles. The monoisotopic (exact) mass is 313 g/mol. The van der Waals surface area contributed by atoms with E-state index in [0.717, 1.165) is 18.4 Å². The quantitative estimate of drug-likeness (QED) is 0.854. The molecule has 0 aromatic heterocycles.